The van der Waals surface area contributed by atoms with Gasteiger partial charge in [-0.15, -0.1) is 0 Å². The maximum absolute atomic E-state index is 14.4. The van der Waals surface area contributed by atoms with Crippen LogP contribution in [0.1, 0.15) is 45.0 Å². The van der Waals surface area contributed by atoms with E-state index in [1.54, 1.807) is 6.07 Å². The highest BCUT2D eigenvalue weighted by molar-refractivity contribution is 6.10. The Morgan fingerprint density at radius 1 is 1.35 bits per heavy atom. The number of aliphatic hydroxyl groups excluding tert-OH is 1. The molecular weight excluding hydrogens is 397 g/mol. The van der Waals surface area contributed by atoms with Crippen LogP contribution in [0.2, 0.25) is 0 Å². The van der Waals surface area contributed by atoms with Crippen LogP contribution in [0.5, 0.6) is 0 Å². The van der Waals surface area contributed by atoms with Crippen LogP contribution in [-0.4, -0.2) is 39.2 Å². The quantitative estimate of drug-likeness (QED) is 0.587. The van der Waals surface area contributed by atoms with E-state index in [1.807, 2.05) is 32.0 Å². The third-order valence-corrected chi connectivity index (χ3v) is 5.75. The topological polar surface area (TPSA) is 88.3 Å². The number of alkyl halides is 1. The molecule has 0 spiro atoms. The van der Waals surface area contributed by atoms with Gasteiger partial charge in [0.2, 0.25) is 5.78 Å². The number of aromatic nitrogens is 2. The molecule has 0 aliphatic heterocycles. The molecule has 4 atom stereocenters. The van der Waals surface area contributed by atoms with Crippen LogP contribution in [0.25, 0.3) is 0 Å². The van der Waals surface area contributed by atoms with Crippen molar-refractivity contribution >= 4 is 11.6 Å². The van der Waals surface area contributed by atoms with Crippen molar-refractivity contribution in [3.8, 4) is 0 Å². The van der Waals surface area contributed by atoms with Gasteiger partial charge in [0, 0.05) is 12.6 Å². The molecule has 161 valence electrons. The van der Waals surface area contributed by atoms with E-state index in [0.29, 0.717) is 18.6 Å². The molecule has 2 N–H and O–H groups in total. The molecule has 0 unspecified atom stereocenters. The van der Waals surface area contributed by atoms with Gasteiger partial charge in [0.15, 0.2) is 5.76 Å². The summed E-state index contributed by atoms with van der Waals surface area (Å²) in [6.45, 7) is 7.63. The van der Waals surface area contributed by atoms with Crippen LogP contribution in [0.4, 0.5) is 10.2 Å². The van der Waals surface area contributed by atoms with Crippen LogP contribution in [0.15, 0.2) is 47.3 Å². The first kappa shape index (κ1) is 21.2. The van der Waals surface area contributed by atoms with Crippen molar-refractivity contribution in [3.05, 3.63) is 83.6 Å². The van der Waals surface area contributed by atoms with Crippen molar-refractivity contribution < 1.29 is 18.7 Å². The van der Waals surface area contributed by atoms with Crippen LogP contribution in [0.3, 0.4) is 0 Å². The first-order valence-corrected chi connectivity index (χ1v) is 10.2. The van der Waals surface area contributed by atoms with Gasteiger partial charge >= 0.3 is 0 Å². The molecule has 0 saturated heterocycles. The maximum Gasteiger partial charge on any atom is 0.233 e. The van der Waals surface area contributed by atoms with Gasteiger partial charge in [-0.1, -0.05) is 29.8 Å². The Hall–Kier alpha value is -3.06. The summed E-state index contributed by atoms with van der Waals surface area (Å²) in [6, 6.07) is 9.22. The normalized spacial score (nSPS) is 23.1. The third-order valence-electron chi connectivity index (χ3n) is 5.75. The van der Waals surface area contributed by atoms with Crippen molar-refractivity contribution in [2.45, 2.75) is 45.0 Å². The molecule has 0 amide bonds. The van der Waals surface area contributed by atoms with E-state index in [9.17, 15) is 14.3 Å². The Bertz CT molecular complexity index is 1100. The number of carbonyl (C=O) groups is 1. The molecule has 2 aromatic heterocycles. The molecule has 1 fully saturated rings. The van der Waals surface area contributed by atoms with Gasteiger partial charge in [-0.05, 0) is 50.3 Å². The van der Waals surface area contributed by atoms with Gasteiger partial charge in [-0.3, -0.25) is 4.79 Å². The Labute approximate surface area is 180 Å². The number of anilines is 1. The fourth-order valence-corrected chi connectivity index (χ4v) is 4.00. The fraction of sp³-hybridized carbons (Fsp3) is 0.333. The number of hydrogen-bond donors (Lipinski definition) is 2. The molecule has 7 heteroatoms. The van der Waals surface area contributed by atoms with E-state index >= 15 is 0 Å². The zero-order chi connectivity index (χ0) is 22.1. The summed E-state index contributed by atoms with van der Waals surface area (Å²) in [5.74, 6) is 0.241. The molecule has 1 aliphatic rings. The zero-order valence-electron chi connectivity index (χ0n) is 17.5. The molecule has 1 radical (unpaired) electrons. The number of halogens is 1. The lowest BCUT2D eigenvalue weighted by molar-refractivity contribution is 0.0793. The SMILES string of the molecule is [CH2][C@@H]1C[C@@H](Nc2ncncc2C(=O)c2cc(Cc3cccc(C)c3)c(C)o2)[C@@H](F)[C@@H]1O. The van der Waals surface area contributed by atoms with Crippen LogP contribution in [-0.2, 0) is 6.42 Å². The van der Waals surface area contributed by atoms with Gasteiger partial charge in [0.1, 0.15) is 24.1 Å². The Balaban J connectivity index is 1.57. The molecule has 1 saturated carbocycles. The average Bonchev–Trinajstić information content (AvgIpc) is 3.22. The van der Waals surface area contributed by atoms with Gasteiger partial charge < -0.3 is 14.8 Å². The van der Waals surface area contributed by atoms with Crippen molar-refractivity contribution in [1.82, 2.24) is 9.97 Å². The summed E-state index contributed by atoms with van der Waals surface area (Å²) in [5, 5.41) is 12.8. The molecule has 1 aromatic carbocycles. The lowest BCUT2D eigenvalue weighted by Crippen LogP contribution is -2.32. The summed E-state index contributed by atoms with van der Waals surface area (Å²) in [5.41, 5.74) is 3.40. The first-order chi connectivity index (χ1) is 14.8. The van der Waals surface area contributed by atoms with E-state index < -0.39 is 24.2 Å². The predicted octanol–water partition coefficient (Wildman–Crippen LogP) is 3.84. The van der Waals surface area contributed by atoms with E-state index in [1.165, 1.54) is 18.1 Å². The second-order valence-electron chi connectivity index (χ2n) is 8.15. The summed E-state index contributed by atoms with van der Waals surface area (Å²) in [7, 11) is 0. The highest BCUT2D eigenvalue weighted by Gasteiger charge is 2.41. The lowest BCUT2D eigenvalue weighted by Gasteiger charge is -2.17. The number of benzene rings is 1. The third kappa shape index (κ3) is 4.37. The van der Waals surface area contributed by atoms with Crippen molar-refractivity contribution in [1.29, 1.82) is 0 Å². The monoisotopic (exact) mass is 422 g/mol. The predicted molar refractivity (Wildman–Crippen MR) is 115 cm³/mol. The molecule has 4 rings (SSSR count). The Kier molecular flexibility index (Phi) is 5.87. The second-order valence-corrected chi connectivity index (χ2v) is 8.15. The summed E-state index contributed by atoms with van der Waals surface area (Å²) in [4.78, 5) is 21.2. The molecule has 0 bridgehead atoms. The minimum atomic E-state index is -1.49. The summed E-state index contributed by atoms with van der Waals surface area (Å²) < 4.78 is 20.1. The number of aliphatic hydroxyl groups is 1. The maximum atomic E-state index is 14.4. The molecule has 1 aliphatic carbocycles. The van der Waals surface area contributed by atoms with Crippen LogP contribution >= 0.6 is 0 Å². The number of hydrogen-bond acceptors (Lipinski definition) is 6. The summed E-state index contributed by atoms with van der Waals surface area (Å²) >= 11 is 0. The van der Waals surface area contributed by atoms with Gasteiger partial charge in [0.25, 0.3) is 0 Å². The smallest absolute Gasteiger partial charge is 0.233 e. The molecule has 2 heterocycles. The number of ketones is 1. The zero-order valence-corrected chi connectivity index (χ0v) is 17.5. The van der Waals surface area contributed by atoms with Gasteiger partial charge in [-0.25, -0.2) is 14.4 Å². The number of nitrogens with zero attached hydrogens (tertiary/aromatic N) is 2. The largest absolute Gasteiger partial charge is 0.458 e. The average molecular weight is 422 g/mol. The van der Waals surface area contributed by atoms with Crippen molar-refractivity contribution in [2.24, 2.45) is 5.92 Å². The standard InChI is InChI=1S/C24H25FN3O3/c1-13-5-4-6-16(7-13)9-17-10-20(31-15(17)3)23(30)18-11-26-12-27-24(18)28-19-8-14(2)22(29)21(19)25/h4-7,10-12,14,19,21-22,29H,2,8-9H2,1,3H3,(H,26,27,28)/t14-,19-,21-,22-/m1/s1. The minimum absolute atomic E-state index is 0.177. The molecular formula is C24H25FN3O3. The summed E-state index contributed by atoms with van der Waals surface area (Å²) in [6.07, 6.45) is 1.02. The van der Waals surface area contributed by atoms with E-state index in [0.717, 1.165) is 11.1 Å². The number of nitrogens with one attached hydrogen (secondary N) is 1. The molecule has 6 nitrogen and oxygen atoms in total. The van der Waals surface area contributed by atoms with E-state index in [2.05, 4.69) is 28.3 Å². The Morgan fingerprint density at radius 2 is 2.16 bits per heavy atom. The number of aryl methyl sites for hydroxylation is 2. The molecule has 3 aromatic rings. The van der Waals surface area contributed by atoms with E-state index in [4.69, 9.17) is 4.42 Å². The van der Waals surface area contributed by atoms with Gasteiger partial charge in [-0.2, -0.15) is 0 Å². The number of carbonyl (C=O) groups excluding carboxylic acids is 1. The van der Waals surface area contributed by atoms with Crippen LogP contribution in [0, 0.1) is 26.7 Å². The van der Waals surface area contributed by atoms with Crippen LogP contribution < -0.4 is 5.32 Å². The van der Waals surface area contributed by atoms with Crippen molar-refractivity contribution in [3.63, 3.8) is 0 Å². The van der Waals surface area contributed by atoms with Gasteiger partial charge in [0.05, 0.1) is 17.7 Å². The first-order valence-electron chi connectivity index (χ1n) is 10.2. The number of furan rings is 1. The van der Waals surface area contributed by atoms with Crippen molar-refractivity contribution in [2.75, 3.05) is 5.32 Å². The Morgan fingerprint density at radius 3 is 2.87 bits per heavy atom. The molecule has 31 heavy (non-hydrogen) atoms. The number of rotatable bonds is 6. The fourth-order valence-electron chi connectivity index (χ4n) is 4.00. The highest BCUT2D eigenvalue weighted by atomic mass is 19.1. The minimum Gasteiger partial charge on any atom is -0.458 e. The lowest BCUT2D eigenvalue weighted by atomic mass is 10.0. The van der Waals surface area contributed by atoms with E-state index in [-0.39, 0.29) is 22.9 Å². The highest BCUT2D eigenvalue weighted by Crippen LogP contribution is 2.31. The second kappa shape index (κ2) is 8.59.